The van der Waals surface area contributed by atoms with E-state index in [9.17, 15) is 0 Å². The molecule has 1 aliphatic rings. The molecule has 0 spiro atoms. The SMILES string of the molecule is CCC(C)(C)C1CCC(Nc2cc(C)c(Br)c(C)c2)CC1. The van der Waals surface area contributed by atoms with Crippen LogP contribution in [0, 0.1) is 25.2 Å². The fourth-order valence-electron chi connectivity index (χ4n) is 3.57. The third-order valence-corrected chi connectivity index (χ3v) is 6.80. The Morgan fingerprint density at radius 3 is 2.10 bits per heavy atom. The second-order valence-electron chi connectivity index (χ2n) is 7.46. The van der Waals surface area contributed by atoms with Crippen molar-refractivity contribution in [3.63, 3.8) is 0 Å². The lowest BCUT2D eigenvalue weighted by Crippen LogP contribution is -2.32. The van der Waals surface area contributed by atoms with Crippen LogP contribution in [0.25, 0.3) is 0 Å². The average Bonchev–Trinajstić information content (AvgIpc) is 2.45. The highest BCUT2D eigenvalue weighted by molar-refractivity contribution is 9.10. The molecule has 0 bridgehead atoms. The molecule has 0 heterocycles. The Bertz CT molecular complexity index is 461. The molecular formula is C19H30BrN. The maximum Gasteiger partial charge on any atom is 0.0348 e. The highest BCUT2D eigenvalue weighted by atomic mass is 79.9. The molecule has 118 valence electrons. The first-order valence-corrected chi connectivity index (χ1v) is 9.16. The molecule has 2 heteroatoms. The highest BCUT2D eigenvalue weighted by Gasteiger charge is 2.31. The van der Waals surface area contributed by atoms with Gasteiger partial charge in [-0.1, -0.05) is 43.1 Å². The van der Waals surface area contributed by atoms with E-state index < -0.39 is 0 Å². The van der Waals surface area contributed by atoms with Crippen LogP contribution in [0.4, 0.5) is 5.69 Å². The number of hydrogen-bond donors (Lipinski definition) is 1. The third-order valence-electron chi connectivity index (χ3n) is 5.55. The summed E-state index contributed by atoms with van der Waals surface area (Å²) in [4.78, 5) is 0. The Balaban J connectivity index is 1.95. The van der Waals surface area contributed by atoms with Crippen LogP contribution in [-0.4, -0.2) is 6.04 Å². The lowest BCUT2D eigenvalue weighted by Gasteiger charge is -2.39. The summed E-state index contributed by atoms with van der Waals surface area (Å²) in [7, 11) is 0. The highest BCUT2D eigenvalue weighted by Crippen LogP contribution is 2.41. The van der Waals surface area contributed by atoms with Gasteiger partial charge in [0.1, 0.15) is 0 Å². The molecule has 21 heavy (non-hydrogen) atoms. The Morgan fingerprint density at radius 1 is 1.10 bits per heavy atom. The van der Waals surface area contributed by atoms with Crippen LogP contribution in [0.1, 0.15) is 64.0 Å². The molecule has 1 aliphatic carbocycles. The van der Waals surface area contributed by atoms with Gasteiger partial charge in [0.25, 0.3) is 0 Å². The zero-order valence-electron chi connectivity index (χ0n) is 14.2. The maximum absolute atomic E-state index is 3.76. The predicted molar refractivity (Wildman–Crippen MR) is 97.1 cm³/mol. The van der Waals surface area contributed by atoms with Crippen molar-refractivity contribution in [3.05, 3.63) is 27.7 Å². The van der Waals surface area contributed by atoms with Gasteiger partial charge < -0.3 is 5.32 Å². The molecule has 1 aromatic carbocycles. The van der Waals surface area contributed by atoms with Gasteiger partial charge in [0, 0.05) is 16.2 Å². The third kappa shape index (κ3) is 4.03. The van der Waals surface area contributed by atoms with Crippen LogP contribution in [0.5, 0.6) is 0 Å². The lowest BCUT2D eigenvalue weighted by atomic mass is 9.69. The quantitative estimate of drug-likeness (QED) is 0.654. The van der Waals surface area contributed by atoms with Crippen molar-refractivity contribution in [3.8, 4) is 0 Å². The molecule has 0 radical (unpaired) electrons. The molecule has 2 rings (SSSR count). The summed E-state index contributed by atoms with van der Waals surface area (Å²) in [6.07, 6.45) is 6.64. The Labute approximate surface area is 139 Å². The van der Waals surface area contributed by atoms with E-state index in [-0.39, 0.29) is 0 Å². The summed E-state index contributed by atoms with van der Waals surface area (Å²) in [5.74, 6) is 0.897. The summed E-state index contributed by atoms with van der Waals surface area (Å²) in [5.41, 5.74) is 4.43. The van der Waals surface area contributed by atoms with Gasteiger partial charge in [-0.25, -0.2) is 0 Å². The standard InChI is InChI=1S/C19H30BrN/c1-6-19(4,5)15-7-9-16(10-8-15)21-17-11-13(2)18(20)14(3)12-17/h11-12,15-16,21H,6-10H2,1-5H3. The summed E-state index contributed by atoms with van der Waals surface area (Å²) in [5, 5.41) is 3.76. The van der Waals surface area contributed by atoms with Crippen LogP contribution >= 0.6 is 15.9 Å². The number of anilines is 1. The summed E-state index contributed by atoms with van der Waals surface area (Å²) >= 11 is 3.65. The number of benzene rings is 1. The van der Waals surface area contributed by atoms with Gasteiger partial charge in [-0.2, -0.15) is 0 Å². The minimum absolute atomic E-state index is 0.510. The molecule has 1 saturated carbocycles. The number of rotatable bonds is 4. The number of aryl methyl sites for hydroxylation is 2. The van der Waals surface area contributed by atoms with Crippen molar-refractivity contribution in [2.45, 2.75) is 72.8 Å². The zero-order valence-corrected chi connectivity index (χ0v) is 15.8. The average molecular weight is 352 g/mol. The minimum Gasteiger partial charge on any atom is -0.382 e. The van der Waals surface area contributed by atoms with E-state index in [1.165, 1.54) is 53.4 Å². The Morgan fingerprint density at radius 2 is 1.62 bits per heavy atom. The van der Waals surface area contributed by atoms with Gasteiger partial charge in [0.15, 0.2) is 0 Å². The first kappa shape index (κ1) is 16.9. The van der Waals surface area contributed by atoms with Crippen molar-refractivity contribution in [1.29, 1.82) is 0 Å². The number of hydrogen-bond acceptors (Lipinski definition) is 1. The van der Waals surface area contributed by atoms with Crippen LogP contribution in [0.3, 0.4) is 0 Å². The molecular weight excluding hydrogens is 322 g/mol. The number of halogens is 1. The summed E-state index contributed by atoms with van der Waals surface area (Å²) in [6, 6.07) is 5.17. The fraction of sp³-hybridized carbons (Fsp3) is 0.684. The van der Waals surface area contributed by atoms with E-state index in [1.807, 2.05) is 0 Å². The molecule has 0 aliphatic heterocycles. The molecule has 0 saturated heterocycles. The van der Waals surface area contributed by atoms with Crippen molar-refractivity contribution in [2.75, 3.05) is 5.32 Å². The van der Waals surface area contributed by atoms with Crippen molar-refractivity contribution in [2.24, 2.45) is 11.3 Å². The first-order chi connectivity index (χ1) is 9.83. The lowest BCUT2D eigenvalue weighted by molar-refractivity contribution is 0.147. The van der Waals surface area contributed by atoms with E-state index >= 15 is 0 Å². The van der Waals surface area contributed by atoms with Crippen molar-refractivity contribution >= 4 is 21.6 Å². The van der Waals surface area contributed by atoms with E-state index in [0.29, 0.717) is 11.5 Å². The van der Waals surface area contributed by atoms with Crippen molar-refractivity contribution in [1.82, 2.24) is 0 Å². The van der Waals surface area contributed by atoms with Crippen LogP contribution in [0.2, 0.25) is 0 Å². The van der Waals surface area contributed by atoms with E-state index in [0.717, 1.165) is 5.92 Å². The molecule has 1 nitrogen and oxygen atoms in total. The van der Waals surface area contributed by atoms with Gasteiger partial charge in [-0.3, -0.25) is 0 Å². The summed E-state index contributed by atoms with van der Waals surface area (Å²) < 4.78 is 1.24. The van der Waals surface area contributed by atoms with Gasteiger partial charge in [-0.05, 0) is 74.1 Å². The van der Waals surface area contributed by atoms with E-state index in [2.05, 4.69) is 68.0 Å². The zero-order chi connectivity index (χ0) is 15.6. The molecule has 0 atom stereocenters. The van der Waals surface area contributed by atoms with Crippen molar-refractivity contribution < 1.29 is 0 Å². The topological polar surface area (TPSA) is 12.0 Å². The van der Waals surface area contributed by atoms with Crippen LogP contribution < -0.4 is 5.32 Å². The molecule has 1 N–H and O–H groups in total. The largest absolute Gasteiger partial charge is 0.382 e. The minimum atomic E-state index is 0.510. The molecule has 1 fully saturated rings. The van der Waals surface area contributed by atoms with E-state index in [1.54, 1.807) is 0 Å². The van der Waals surface area contributed by atoms with Gasteiger partial charge >= 0.3 is 0 Å². The second-order valence-corrected chi connectivity index (χ2v) is 8.25. The molecule has 0 amide bonds. The fourth-order valence-corrected chi connectivity index (χ4v) is 3.80. The second kappa shape index (κ2) is 6.73. The van der Waals surface area contributed by atoms with Crippen LogP contribution in [-0.2, 0) is 0 Å². The monoisotopic (exact) mass is 351 g/mol. The molecule has 0 unspecified atom stereocenters. The smallest absolute Gasteiger partial charge is 0.0348 e. The summed E-state index contributed by atoms with van der Waals surface area (Å²) in [6.45, 7) is 11.5. The first-order valence-electron chi connectivity index (χ1n) is 8.36. The van der Waals surface area contributed by atoms with Gasteiger partial charge in [-0.15, -0.1) is 0 Å². The van der Waals surface area contributed by atoms with E-state index in [4.69, 9.17) is 0 Å². The maximum atomic E-state index is 3.76. The number of nitrogens with one attached hydrogen (secondary N) is 1. The molecule has 1 aromatic rings. The van der Waals surface area contributed by atoms with Crippen LogP contribution in [0.15, 0.2) is 16.6 Å². The Kier molecular flexibility index (Phi) is 5.40. The van der Waals surface area contributed by atoms with Gasteiger partial charge in [0.2, 0.25) is 0 Å². The van der Waals surface area contributed by atoms with Gasteiger partial charge in [0.05, 0.1) is 0 Å². The predicted octanol–water partition coefficient (Wildman–Crippen LogP) is 6.47. The molecule has 0 aromatic heterocycles. The normalized spacial score (nSPS) is 23.1. The Hall–Kier alpha value is -0.500.